The maximum atomic E-state index is 11.8. The maximum Gasteiger partial charge on any atom is 0.508 e. The molecular formula is C13H17ClN2O7. The van der Waals surface area contributed by atoms with Gasteiger partial charge in [-0.2, -0.15) is 0 Å². The molecule has 0 spiro atoms. The number of halogens is 1. The zero-order valence-corrected chi connectivity index (χ0v) is 13.1. The summed E-state index contributed by atoms with van der Waals surface area (Å²) in [6.45, 7) is 1.34. The van der Waals surface area contributed by atoms with E-state index in [9.17, 15) is 19.5 Å². The van der Waals surface area contributed by atoms with Crippen molar-refractivity contribution in [3.8, 4) is 0 Å². The molecule has 23 heavy (non-hydrogen) atoms. The van der Waals surface area contributed by atoms with Crippen molar-refractivity contribution in [2.24, 2.45) is 0 Å². The van der Waals surface area contributed by atoms with Crippen LogP contribution in [0.3, 0.4) is 0 Å². The number of hydrogen-bond donors (Lipinski definition) is 2. The molecule has 2 heterocycles. The van der Waals surface area contributed by atoms with Crippen molar-refractivity contribution in [3.05, 3.63) is 32.6 Å². The molecule has 0 radical (unpaired) electrons. The van der Waals surface area contributed by atoms with E-state index in [2.05, 4.69) is 9.72 Å². The van der Waals surface area contributed by atoms with E-state index in [1.54, 1.807) is 6.92 Å². The smallest absolute Gasteiger partial charge is 0.433 e. The molecule has 1 fully saturated rings. The van der Waals surface area contributed by atoms with Crippen LogP contribution in [-0.4, -0.2) is 52.1 Å². The number of H-pyrrole nitrogens is 1. The lowest BCUT2D eigenvalue weighted by Gasteiger charge is -2.16. The van der Waals surface area contributed by atoms with Crippen LogP contribution >= 0.6 is 11.6 Å². The number of ether oxygens (including phenoxy) is 3. The normalized spacial score (nSPS) is 23.7. The number of aliphatic hydroxyl groups is 1. The van der Waals surface area contributed by atoms with E-state index in [4.69, 9.17) is 21.1 Å². The molecule has 1 aromatic heterocycles. The Kier molecular flexibility index (Phi) is 5.80. The quantitative estimate of drug-likeness (QED) is 0.562. The number of carbonyl (C=O) groups is 1. The van der Waals surface area contributed by atoms with Crippen LogP contribution in [0.15, 0.2) is 15.8 Å². The summed E-state index contributed by atoms with van der Waals surface area (Å²) in [5.74, 6) is 0.147. The fourth-order valence-electron chi connectivity index (χ4n) is 2.15. The van der Waals surface area contributed by atoms with Crippen LogP contribution in [0.5, 0.6) is 0 Å². The van der Waals surface area contributed by atoms with E-state index < -0.39 is 35.8 Å². The van der Waals surface area contributed by atoms with Crippen molar-refractivity contribution in [1.29, 1.82) is 0 Å². The van der Waals surface area contributed by atoms with E-state index in [1.165, 1.54) is 10.8 Å². The van der Waals surface area contributed by atoms with Gasteiger partial charge in [-0.05, 0) is 6.92 Å². The number of aryl methyl sites for hydroxylation is 1. The van der Waals surface area contributed by atoms with Crippen molar-refractivity contribution >= 4 is 17.8 Å². The summed E-state index contributed by atoms with van der Waals surface area (Å²) < 4.78 is 16.1. The molecule has 0 unspecified atom stereocenters. The van der Waals surface area contributed by atoms with Crippen LogP contribution in [0, 0.1) is 6.92 Å². The Balaban J connectivity index is 1.98. The highest BCUT2D eigenvalue weighted by Gasteiger charge is 2.36. The largest absolute Gasteiger partial charge is 0.508 e. The molecule has 0 aliphatic carbocycles. The monoisotopic (exact) mass is 348 g/mol. The zero-order valence-electron chi connectivity index (χ0n) is 12.4. The summed E-state index contributed by atoms with van der Waals surface area (Å²) in [5.41, 5.74) is -0.778. The van der Waals surface area contributed by atoms with E-state index >= 15 is 0 Å². The first kappa shape index (κ1) is 17.5. The lowest BCUT2D eigenvalue weighted by Crippen LogP contribution is -2.33. The van der Waals surface area contributed by atoms with Gasteiger partial charge < -0.3 is 19.3 Å². The highest BCUT2D eigenvalue weighted by molar-refractivity contribution is 6.18. The number of aliphatic hydroxyl groups excluding tert-OH is 1. The Bertz CT molecular complexity index is 671. The standard InChI is InChI=1S/C13H17ClN2O7/c1-7-5-16(12(19)15-11(7)18)10-4-8(17)9(23-10)6-22-13(20)21-3-2-14/h5,8-10,17H,2-4,6H2,1H3,(H,15,18,19)/t8-,9+,10+/m0/s1. The number of nitrogens with zero attached hydrogens (tertiary/aromatic N) is 1. The first-order valence-corrected chi connectivity index (χ1v) is 7.47. The average Bonchev–Trinajstić information content (AvgIpc) is 2.87. The molecule has 1 aliphatic rings. The number of alkyl halides is 1. The van der Waals surface area contributed by atoms with Crippen LogP contribution in [0.25, 0.3) is 0 Å². The molecule has 2 rings (SSSR count). The molecule has 1 aliphatic heterocycles. The van der Waals surface area contributed by atoms with Crippen LogP contribution in [0.2, 0.25) is 0 Å². The fraction of sp³-hybridized carbons (Fsp3) is 0.615. The molecule has 0 saturated carbocycles. The van der Waals surface area contributed by atoms with Crippen molar-refractivity contribution < 1.29 is 24.1 Å². The van der Waals surface area contributed by atoms with Gasteiger partial charge >= 0.3 is 11.8 Å². The molecule has 0 aromatic carbocycles. The van der Waals surface area contributed by atoms with Gasteiger partial charge in [-0.1, -0.05) is 0 Å². The highest BCUT2D eigenvalue weighted by Crippen LogP contribution is 2.27. The molecule has 1 aromatic rings. The van der Waals surface area contributed by atoms with Gasteiger partial charge in [0.2, 0.25) is 0 Å². The van der Waals surface area contributed by atoms with Crippen LogP contribution in [0.1, 0.15) is 18.2 Å². The minimum absolute atomic E-state index is 0.0170. The van der Waals surface area contributed by atoms with Crippen LogP contribution in [0.4, 0.5) is 4.79 Å². The van der Waals surface area contributed by atoms with Gasteiger partial charge in [0.1, 0.15) is 25.5 Å². The third kappa shape index (κ3) is 4.34. The first-order valence-electron chi connectivity index (χ1n) is 6.93. The van der Waals surface area contributed by atoms with E-state index in [1.807, 2.05) is 0 Å². The lowest BCUT2D eigenvalue weighted by atomic mass is 10.2. The van der Waals surface area contributed by atoms with Gasteiger partial charge in [-0.25, -0.2) is 9.59 Å². The van der Waals surface area contributed by atoms with E-state index in [-0.39, 0.29) is 25.5 Å². The molecular weight excluding hydrogens is 332 g/mol. The molecule has 128 valence electrons. The Morgan fingerprint density at radius 2 is 2.26 bits per heavy atom. The van der Waals surface area contributed by atoms with Crippen molar-refractivity contribution in [2.45, 2.75) is 31.8 Å². The summed E-state index contributed by atoms with van der Waals surface area (Å²) in [4.78, 5) is 36.5. The second kappa shape index (κ2) is 7.62. The third-order valence-electron chi connectivity index (χ3n) is 3.32. The Morgan fingerprint density at radius 3 is 2.96 bits per heavy atom. The number of hydrogen-bond acceptors (Lipinski definition) is 7. The Hall–Kier alpha value is -1.84. The van der Waals surface area contributed by atoms with Gasteiger partial charge in [-0.3, -0.25) is 14.3 Å². The fourth-order valence-corrected chi connectivity index (χ4v) is 2.23. The van der Waals surface area contributed by atoms with Crippen molar-refractivity contribution in [1.82, 2.24) is 9.55 Å². The SMILES string of the molecule is Cc1cn([C@H]2C[C@H](O)[C@@H](COC(=O)OCCCl)O2)c(=O)[nH]c1=O. The van der Waals surface area contributed by atoms with Gasteiger partial charge in [0, 0.05) is 18.2 Å². The highest BCUT2D eigenvalue weighted by atomic mass is 35.5. The third-order valence-corrected chi connectivity index (χ3v) is 3.48. The zero-order chi connectivity index (χ0) is 17.0. The molecule has 10 heteroatoms. The molecule has 0 bridgehead atoms. The predicted octanol–water partition coefficient (Wildman–Crippen LogP) is -0.115. The van der Waals surface area contributed by atoms with Gasteiger partial charge in [0.05, 0.1) is 12.0 Å². The summed E-state index contributed by atoms with van der Waals surface area (Å²) in [7, 11) is 0. The van der Waals surface area contributed by atoms with E-state index in [0.717, 1.165) is 0 Å². The number of nitrogens with one attached hydrogen (secondary N) is 1. The maximum absolute atomic E-state index is 11.8. The number of rotatable bonds is 5. The summed E-state index contributed by atoms with van der Waals surface area (Å²) >= 11 is 5.37. The first-order chi connectivity index (χ1) is 10.9. The van der Waals surface area contributed by atoms with Gasteiger partial charge in [0.25, 0.3) is 5.56 Å². The van der Waals surface area contributed by atoms with Crippen LogP contribution < -0.4 is 11.2 Å². The average molecular weight is 349 g/mol. The Labute approximate surface area is 135 Å². The van der Waals surface area contributed by atoms with Gasteiger partial charge in [-0.15, -0.1) is 11.6 Å². The molecule has 3 atom stereocenters. The number of aromatic nitrogens is 2. The minimum atomic E-state index is -0.931. The van der Waals surface area contributed by atoms with E-state index in [0.29, 0.717) is 5.56 Å². The molecule has 1 saturated heterocycles. The summed E-state index contributed by atoms with van der Waals surface area (Å²) in [6, 6.07) is 0. The summed E-state index contributed by atoms with van der Waals surface area (Å²) in [5, 5.41) is 9.96. The molecule has 2 N–H and O–H groups in total. The summed E-state index contributed by atoms with van der Waals surface area (Å²) in [6.07, 6.45) is -1.93. The lowest BCUT2D eigenvalue weighted by molar-refractivity contribution is -0.0583. The Morgan fingerprint density at radius 1 is 1.52 bits per heavy atom. The minimum Gasteiger partial charge on any atom is -0.433 e. The van der Waals surface area contributed by atoms with Gasteiger partial charge in [0.15, 0.2) is 0 Å². The molecule has 9 nitrogen and oxygen atoms in total. The van der Waals surface area contributed by atoms with Crippen molar-refractivity contribution in [3.63, 3.8) is 0 Å². The topological polar surface area (TPSA) is 120 Å². The van der Waals surface area contributed by atoms with Crippen LogP contribution in [-0.2, 0) is 14.2 Å². The number of aromatic amines is 1. The second-order valence-electron chi connectivity index (χ2n) is 5.01. The molecule has 0 amide bonds. The second-order valence-corrected chi connectivity index (χ2v) is 5.39. The number of carbonyl (C=O) groups excluding carboxylic acids is 1. The van der Waals surface area contributed by atoms with Crippen molar-refractivity contribution in [2.75, 3.05) is 19.1 Å². The predicted molar refractivity (Wildman–Crippen MR) is 78.6 cm³/mol.